The molecule has 1 aromatic heterocycles. The Morgan fingerprint density at radius 1 is 1.29 bits per heavy atom. The zero-order chi connectivity index (χ0) is 22.4. The Morgan fingerprint density at radius 3 is 2.65 bits per heavy atom. The summed E-state index contributed by atoms with van der Waals surface area (Å²) in [4.78, 5) is 30.8. The van der Waals surface area contributed by atoms with E-state index in [2.05, 4.69) is 15.2 Å². The first-order valence-electron chi connectivity index (χ1n) is 10.6. The molecule has 3 rings (SSSR count). The van der Waals surface area contributed by atoms with Gasteiger partial charge in [-0.1, -0.05) is 43.1 Å². The summed E-state index contributed by atoms with van der Waals surface area (Å²) in [5.74, 6) is -0.675. The molecule has 1 saturated heterocycles. The molecule has 2 N–H and O–H groups in total. The minimum Gasteiger partial charge on any atom is -0.465 e. The van der Waals surface area contributed by atoms with Gasteiger partial charge in [0.25, 0.3) is 5.91 Å². The lowest BCUT2D eigenvalue weighted by Crippen LogP contribution is -2.44. The van der Waals surface area contributed by atoms with E-state index in [-0.39, 0.29) is 11.9 Å². The summed E-state index contributed by atoms with van der Waals surface area (Å²) in [7, 11) is 1.35. The fourth-order valence-electron chi connectivity index (χ4n) is 4.10. The molecule has 168 valence electrons. The molecule has 1 aromatic carbocycles. The summed E-state index contributed by atoms with van der Waals surface area (Å²) in [6.45, 7) is 7.00. The van der Waals surface area contributed by atoms with Crippen LogP contribution in [0, 0.1) is 6.92 Å². The predicted molar refractivity (Wildman–Crippen MR) is 120 cm³/mol. The number of morpholine rings is 1. The maximum Gasteiger partial charge on any atom is 0.339 e. The standard InChI is InChI=1S/C23H30ClN3O4/c1-4-7-17-20(23(29)30-3)15(2)26-21(17)22(28)25-14-19(27-10-12-31-13-11-27)16-8-5-6-9-18(16)24/h5-6,8-9,19,26H,4,7,10-14H2,1-3H3,(H,25,28). The van der Waals surface area contributed by atoms with Crippen LogP contribution in [0.2, 0.25) is 5.02 Å². The summed E-state index contributed by atoms with van der Waals surface area (Å²) < 4.78 is 10.4. The highest BCUT2D eigenvalue weighted by atomic mass is 35.5. The maximum absolute atomic E-state index is 13.1. The number of esters is 1. The highest BCUT2D eigenvalue weighted by molar-refractivity contribution is 6.31. The first-order valence-corrected chi connectivity index (χ1v) is 11.0. The van der Waals surface area contributed by atoms with Crippen LogP contribution in [0.5, 0.6) is 0 Å². The number of hydrogen-bond donors (Lipinski definition) is 2. The minimum atomic E-state index is -0.432. The van der Waals surface area contributed by atoms with Crippen LogP contribution in [0.25, 0.3) is 0 Å². The van der Waals surface area contributed by atoms with Crippen LogP contribution in [0.1, 0.15) is 57.1 Å². The van der Waals surface area contributed by atoms with Crippen molar-refractivity contribution in [2.24, 2.45) is 0 Å². The molecular formula is C23H30ClN3O4. The van der Waals surface area contributed by atoms with Crippen LogP contribution in [0.4, 0.5) is 0 Å². The van der Waals surface area contributed by atoms with Gasteiger partial charge in [-0.15, -0.1) is 0 Å². The molecular weight excluding hydrogens is 418 g/mol. The topological polar surface area (TPSA) is 83.7 Å². The Balaban J connectivity index is 1.84. The molecule has 0 spiro atoms. The Kier molecular flexibility index (Phi) is 8.12. The number of nitrogens with one attached hydrogen (secondary N) is 2. The van der Waals surface area contributed by atoms with Gasteiger partial charge in [0.05, 0.1) is 31.9 Å². The van der Waals surface area contributed by atoms with Gasteiger partial charge in [-0.2, -0.15) is 0 Å². The molecule has 2 heterocycles. The average Bonchev–Trinajstić information content (AvgIpc) is 3.11. The third kappa shape index (κ3) is 5.29. The van der Waals surface area contributed by atoms with Crippen molar-refractivity contribution in [3.05, 3.63) is 57.4 Å². The highest BCUT2D eigenvalue weighted by Crippen LogP contribution is 2.28. The number of aromatic nitrogens is 1. The second-order valence-electron chi connectivity index (χ2n) is 7.62. The molecule has 31 heavy (non-hydrogen) atoms. The molecule has 7 nitrogen and oxygen atoms in total. The van der Waals surface area contributed by atoms with Gasteiger partial charge in [-0.3, -0.25) is 9.69 Å². The number of carbonyl (C=O) groups excluding carboxylic acids is 2. The molecule has 1 atom stereocenters. The number of benzene rings is 1. The number of nitrogens with zero attached hydrogens (tertiary/aromatic N) is 1. The van der Waals surface area contributed by atoms with Crippen LogP contribution in [-0.2, 0) is 15.9 Å². The van der Waals surface area contributed by atoms with Crippen LogP contribution in [0.3, 0.4) is 0 Å². The Labute approximate surface area is 188 Å². The van der Waals surface area contributed by atoms with E-state index in [4.69, 9.17) is 21.1 Å². The van der Waals surface area contributed by atoms with E-state index in [1.807, 2.05) is 31.2 Å². The Morgan fingerprint density at radius 2 is 2.00 bits per heavy atom. The summed E-state index contributed by atoms with van der Waals surface area (Å²) in [6, 6.07) is 7.63. The lowest BCUT2D eigenvalue weighted by Gasteiger charge is -2.35. The fourth-order valence-corrected chi connectivity index (χ4v) is 4.36. The molecule has 0 aliphatic carbocycles. The average molecular weight is 448 g/mol. The molecule has 8 heteroatoms. The van der Waals surface area contributed by atoms with Gasteiger partial charge in [0.15, 0.2) is 0 Å². The predicted octanol–water partition coefficient (Wildman–Crippen LogP) is 3.52. The van der Waals surface area contributed by atoms with Gasteiger partial charge in [-0.25, -0.2) is 4.79 Å². The van der Waals surface area contributed by atoms with Crippen molar-refractivity contribution in [2.45, 2.75) is 32.7 Å². The third-order valence-corrected chi connectivity index (χ3v) is 5.96. The maximum atomic E-state index is 13.1. The normalized spacial score (nSPS) is 15.5. The van der Waals surface area contributed by atoms with Gasteiger partial charge in [0, 0.05) is 30.4 Å². The van der Waals surface area contributed by atoms with Crippen LogP contribution in [-0.4, -0.2) is 61.7 Å². The van der Waals surface area contributed by atoms with Gasteiger partial charge in [-0.05, 0) is 30.5 Å². The Bertz CT molecular complexity index is 922. The van der Waals surface area contributed by atoms with E-state index >= 15 is 0 Å². The number of aromatic amines is 1. The number of amides is 1. The number of rotatable bonds is 8. The highest BCUT2D eigenvalue weighted by Gasteiger charge is 2.28. The van der Waals surface area contributed by atoms with E-state index in [1.54, 1.807) is 6.92 Å². The minimum absolute atomic E-state index is 0.0766. The number of aryl methyl sites for hydroxylation is 1. The van der Waals surface area contributed by atoms with Crippen molar-refractivity contribution < 1.29 is 19.1 Å². The molecule has 1 aliphatic heterocycles. The molecule has 1 fully saturated rings. The molecule has 2 aromatic rings. The Hall–Kier alpha value is -2.35. The van der Waals surface area contributed by atoms with Crippen molar-refractivity contribution in [1.29, 1.82) is 0 Å². The smallest absolute Gasteiger partial charge is 0.339 e. The molecule has 1 aliphatic rings. The molecule has 0 bridgehead atoms. The molecule has 1 amide bonds. The van der Waals surface area contributed by atoms with E-state index in [0.29, 0.717) is 53.7 Å². The van der Waals surface area contributed by atoms with E-state index in [1.165, 1.54) is 7.11 Å². The van der Waals surface area contributed by atoms with Crippen LogP contribution in [0.15, 0.2) is 24.3 Å². The van der Waals surface area contributed by atoms with Crippen molar-refractivity contribution in [3.8, 4) is 0 Å². The molecule has 1 unspecified atom stereocenters. The van der Waals surface area contributed by atoms with Crippen molar-refractivity contribution in [1.82, 2.24) is 15.2 Å². The summed E-state index contributed by atoms with van der Waals surface area (Å²) in [6.07, 6.45) is 1.41. The number of halogens is 1. The second kappa shape index (κ2) is 10.8. The fraction of sp³-hybridized carbons (Fsp3) is 0.478. The van der Waals surface area contributed by atoms with Gasteiger partial charge >= 0.3 is 5.97 Å². The number of hydrogen-bond acceptors (Lipinski definition) is 5. The lowest BCUT2D eigenvalue weighted by atomic mass is 10.0. The van der Waals surface area contributed by atoms with Crippen molar-refractivity contribution in [3.63, 3.8) is 0 Å². The van der Waals surface area contributed by atoms with Crippen molar-refractivity contribution >= 4 is 23.5 Å². The number of methoxy groups -OCH3 is 1. The van der Waals surface area contributed by atoms with E-state index < -0.39 is 5.97 Å². The quantitative estimate of drug-likeness (QED) is 0.605. The van der Waals surface area contributed by atoms with Crippen LogP contribution < -0.4 is 5.32 Å². The van der Waals surface area contributed by atoms with Gasteiger partial charge in [0.1, 0.15) is 5.69 Å². The van der Waals surface area contributed by atoms with Crippen LogP contribution >= 0.6 is 11.6 Å². The largest absolute Gasteiger partial charge is 0.465 e. The first-order chi connectivity index (χ1) is 15.0. The van der Waals surface area contributed by atoms with E-state index in [0.717, 1.165) is 25.1 Å². The summed E-state index contributed by atoms with van der Waals surface area (Å²) in [5.41, 5.74) is 3.17. The number of carbonyl (C=O) groups is 2. The lowest BCUT2D eigenvalue weighted by molar-refractivity contribution is 0.0162. The second-order valence-corrected chi connectivity index (χ2v) is 8.02. The molecule has 0 radical (unpaired) electrons. The zero-order valence-corrected chi connectivity index (χ0v) is 19.1. The van der Waals surface area contributed by atoms with Gasteiger partial charge < -0.3 is 19.8 Å². The molecule has 0 saturated carbocycles. The summed E-state index contributed by atoms with van der Waals surface area (Å²) >= 11 is 6.48. The van der Waals surface area contributed by atoms with Gasteiger partial charge in [0.2, 0.25) is 0 Å². The monoisotopic (exact) mass is 447 g/mol. The van der Waals surface area contributed by atoms with Crippen molar-refractivity contribution in [2.75, 3.05) is 40.0 Å². The third-order valence-electron chi connectivity index (χ3n) is 5.61. The van der Waals surface area contributed by atoms with E-state index in [9.17, 15) is 9.59 Å². The number of H-pyrrole nitrogens is 1. The number of ether oxygens (including phenoxy) is 2. The first kappa shape index (κ1) is 23.3. The zero-order valence-electron chi connectivity index (χ0n) is 18.3. The summed E-state index contributed by atoms with van der Waals surface area (Å²) in [5, 5.41) is 3.72. The SMILES string of the molecule is CCCc1c(C(=O)NCC(c2ccccc2Cl)N2CCOCC2)[nH]c(C)c1C(=O)OC.